The Morgan fingerprint density at radius 3 is 2.16 bits per heavy atom. The zero-order valence-corrected chi connectivity index (χ0v) is 12.3. The van der Waals surface area contributed by atoms with E-state index in [0.717, 1.165) is 19.3 Å². The topological polar surface area (TPSA) is 77.4 Å². The van der Waals surface area contributed by atoms with E-state index < -0.39 is 12.3 Å². The number of rotatable bonds is 13. The van der Waals surface area contributed by atoms with Crippen molar-refractivity contribution >= 4 is 0 Å². The summed E-state index contributed by atoms with van der Waals surface area (Å²) in [5.74, 6) is -1.93. The van der Waals surface area contributed by atoms with Gasteiger partial charge in [-0.3, -0.25) is 0 Å². The molecule has 6 heteroatoms. The average Bonchev–Trinajstić information content (AvgIpc) is 2.41. The van der Waals surface area contributed by atoms with E-state index in [1.54, 1.807) is 6.92 Å². The van der Waals surface area contributed by atoms with Crippen LogP contribution in [-0.4, -0.2) is 55.5 Å². The summed E-state index contributed by atoms with van der Waals surface area (Å²) >= 11 is 0. The van der Waals surface area contributed by atoms with Gasteiger partial charge in [-0.2, -0.15) is 0 Å². The molecule has 2 N–H and O–H groups in total. The molecule has 0 rings (SSSR count). The first-order valence-electron chi connectivity index (χ1n) is 6.98. The second-order valence-corrected chi connectivity index (χ2v) is 4.06. The van der Waals surface area contributed by atoms with Crippen LogP contribution in [0, 0.1) is 0 Å². The summed E-state index contributed by atoms with van der Waals surface area (Å²) < 4.78 is 21.3. The number of ether oxygens (including phenoxy) is 4. The van der Waals surface area contributed by atoms with E-state index in [4.69, 9.17) is 24.1 Å². The molecule has 0 saturated carbocycles. The van der Waals surface area contributed by atoms with E-state index in [9.17, 15) is 5.11 Å². The molecule has 0 aromatic rings. The van der Waals surface area contributed by atoms with Gasteiger partial charge in [-0.1, -0.05) is 20.3 Å². The smallest absolute Gasteiger partial charge is 0.334 e. The summed E-state index contributed by atoms with van der Waals surface area (Å²) in [5, 5.41) is 19.2. The summed E-state index contributed by atoms with van der Waals surface area (Å²) in [7, 11) is 0. The van der Waals surface area contributed by atoms with Crippen molar-refractivity contribution in [2.24, 2.45) is 0 Å². The summed E-state index contributed by atoms with van der Waals surface area (Å²) in [6.07, 6.45) is 1.41. The standard InChI is InChI=1S/C13H28O6/c1-4-7-10-19-13(15,18-9-5-2)12(16-6-3)17-11-8-14/h12,14-15H,4-11H2,1-3H3. The minimum Gasteiger partial charge on any atom is -0.394 e. The normalized spacial score (nSPS) is 16.3. The molecule has 0 amide bonds. The minimum absolute atomic E-state index is 0.0413. The molecule has 0 fully saturated rings. The first-order chi connectivity index (χ1) is 9.14. The first-order valence-corrected chi connectivity index (χ1v) is 6.98. The van der Waals surface area contributed by atoms with Crippen LogP contribution in [0.5, 0.6) is 0 Å². The van der Waals surface area contributed by atoms with Crippen molar-refractivity contribution in [1.29, 1.82) is 0 Å². The maximum Gasteiger partial charge on any atom is 0.334 e. The van der Waals surface area contributed by atoms with Crippen molar-refractivity contribution in [3.05, 3.63) is 0 Å². The maximum atomic E-state index is 10.4. The first kappa shape index (κ1) is 18.8. The van der Waals surface area contributed by atoms with Gasteiger partial charge in [-0.15, -0.1) is 0 Å². The quantitative estimate of drug-likeness (QED) is 0.390. The number of hydrogen-bond donors (Lipinski definition) is 2. The Morgan fingerprint density at radius 2 is 1.63 bits per heavy atom. The second kappa shape index (κ2) is 11.6. The molecule has 0 aliphatic heterocycles. The molecular formula is C13H28O6. The van der Waals surface area contributed by atoms with Gasteiger partial charge < -0.3 is 29.2 Å². The Kier molecular flexibility index (Phi) is 11.4. The van der Waals surface area contributed by atoms with Crippen LogP contribution in [0.3, 0.4) is 0 Å². The molecule has 19 heavy (non-hydrogen) atoms. The van der Waals surface area contributed by atoms with E-state index in [1.807, 2.05) is 13.8 Å². The third kappa shape index (κ3) is 7.81. The summed E-state index contributed by atoms with van der Waals surface area (Å²) in [6.45, 7) is 6.63. The number of unbranched alkanes of at least 4 members (excludes halogenated alkanes) is 1. The molecule has 0 aromatic heterocycles. The third-order valence-electron chi connectivity index (χ3n) is 2.30. The van der Waals surface area contributed by atoms with Gasteiger partial charge in [0.15, 0.2) is 0 Å². The Hall–Kier alpha value is -0.240. The van der Waals surface area contributed by atoms with Gasteiger partial charge in [0.2, 0.25) is 6.29 Å². The van der Waals surface area contributed by atoms with Crippen molar-refractivity contribution in [3.63, 3.8) is 0 Å². The average molecular weight is 280 g/mol. The predicted octanol–water partition coefficient (Wildman–Crippen LogP) is 1.25. The number of aliphatic hydroxyl groups excluding tert-OH is 1. The van der Waals surface area contributed by atoms with Gasteiger partial charge in [0, 0.05) is 6.61 Å². The lowest BCUT2D eigenvalue weighted by Crippen LogP contribution is -2.51. The zero-order chi connectivity index (χ0) is 14.6. The third-order valence-corrected chi connectivity index (χ3v) is 2.30. The molecule has 0 heterocycles. The lowest BCUT2D eigenvalue weighted by molar-refractivity contribution is -0.442. The summed E-state index contributed by atoms with van der Waals surface area (Å²) in [5.41, 5.74) is 0. The van der Waals surface area contributed by atoms with E-state index in [0.29, 0.717) is 19.8 Å². The van der Waals surface area contributed by atoms with Crippen LogP contribution >= 0.6 is 0 Å². The molecule has 0 bridgehead atoms. The lowest BCUT2D eigenvalue weighted by atomic mass is 10.3. The molecule has 2 atom stereocenters. The van der Waals surface area contributed by atoms with E-state index in [2.05, 4.69) is 0 Å². The van der Waals surface area contributed by atoms with Crippen molar-refractivity contribution in [2.75, 3.05) is 33.0 Å². The van der Waals surface area contributed by atoms with Gasteiger partial charge in [-0.25, -0.2) is 0 Å². The molecule has 0 saturated heterocycles. The predicted molar refractivity (Wildman–Crippen MR) is 70.5 cm³/mol. The van der Waals surface area contributed by atoms with Gasteiger partial charge in [0.1, 0.15) is 0 Å². The Labute approximate surface area is 115 Å². The Balaban J connectivity index is 4.59. The molecule has 6 nitrogen and oxygen atoms in total. The van der Waals surface area contributed by atoms with Crippen LogP contribution < -0.4 is 0 Å². The Morgan fingerprint density at radius 1 is 0.947 bits per heavy atom. The largest absolute Gasteiger partial charge is 0.394 e. The van der Waals surface area contributed by atoms with Crippen LogP contribution in [0.1, 0.15) is 40.0 Å². The molecular weight excluding hydrogens is 252 g/mol. The molecule has 0 radical (unpaired) electrons. The highest BCUT2D eigenvalue weighted by molar-refractivity contribution is 4.62. The molecule has 0 aliphatic carbocycles. The minimum atomic E-state index is -1.93. The van der Waals surface area contributed by atoms with Gasteiger partial charge in [-0.05, 0) is 19.8 Å². The van der Waals surface area contributed by atoms with E-state index in [1.165, 1.54) is 0 Å². The summed E-state index contributed by atoms with van der Waals surface area (Å²) in [6, 6.07) is 0. The van der Waals surface area contributed by atoms with Crippen molar-refractivity contribution in [1.82, 2.24) is 0 Å². The van der Waals surface area contributed by atoms with Crippen LogP contribution in [-0.2, 0) is 18.9 Å². The fourth-order valence-electron chi connectivity index (χ4n) is 1.36. The van der Waals surface area contributed by atoms with Crippen LogP contribution in [0.15, 0.2) is 0 Å². The molecule has 0 spiro atoms. The van der Waals surface area contributed by atoms with Gasteiger partial charge in [0.25, 0.3) is 0 Å². The molecule has 0 aromatic carbocycles. The molecule has 116 valence electrons. The Bertz CT molecular complexity index is 202. The van der Waals surface area contributed by atoms with E-state index in [-0.39, 0.29) is 13.2 Å². The monoisotopic (exact) mass is 280 g/mol. The van der Waals surface area contributed by atoms with Gasteiger partial charge in [0.05, 0.1) is 26.4 Å². The van der Waals surface area contributed by atoms with Crippen LogP contribution in [0.4, 0.5) is 0 Å². The highest BCUT2D eigenvalue weighted by atomic mass is 16.9. The van der Waals surface area contributed by atoms with Crippen molar-refractivity contribution in [2.45, 2.75) is 52.3 Å². The lowest BCUT2D eigenvalue weighted by Gasteiger charge is -2.34. The van der Waals surface area contributed by atoms with Crippen LogP contribution in [0.2, 0.25) is 0 Å². The highest BCUT2D eigenvalue weighted by Gasteiger charge is 2.41. The zero-order valence-electron chi connectivity index (χ0n) is 12.3. The highest BCUT2D eigenvalue weighted by Crippen LogP contribution is 2.20. The number of hydrogen-bond acceptors (Lipinski definition) is 6. The molecule has 0 aliphatic rings. The van der Waals surface area contributed by atoms with Crippen LogP contribution in [0.25, 0.3) is 0 Å². The van der Waals surface area contributed by atoms with E-state index >= 15 is 0 Å². The fourth-order valence-corrected chi connectivity index (χ4v) is 1.36. The second-order valence-electron chi connectivity index (χ2n) is 4.06. The van der Waals surface area contributed by atoms with Crippen molar-refractivity contribution in [3.8, 4) is 0 Å². The number of aliphatic hydroxyl groups is 2. The SMILES string of the molecule is CCCCOC(O)(OCCC)C(OCC)OCCO. The summed E-state index contributed by atoms with van der Waals surface area (Å²) in [4.78, 5) is 0. The van der Waals surface area contributed by atoms with Crippen molar-refractivity contribution < 1.29 is 29.2 Å². The molecule has 2 unspecified atom stereocenters. The maximum absolute atomic E-state index is 10.4. The van der Waals surface area contributed by atoms with Gasteiger partial charge >= 0.3 is 5.97 Å². The fraction of sp³-hybridized carbons (Fsp3) is 1.00.